The lowest BCUT2D eigenvalue weighted by Gasteiger charge is -2.23. The van der Waals surface area contributed by atoms with Crippen molar-refractivity contribution < 1.29 is 14.6 Å². The van der Waals surface area contributed by atoms with E-state index in [4.69, 9.17) is 9.84 Å². The molecule has 0 saturated heterocycles. The molecule has 1 aliphatic rings. The number of hydrogen-bond acceptors (Lipinski definition) is 3. The Labute approximate surface area is 126 Å². The first-order valence-electron chi connectivity index (χ1n) is 7.76. The largest absolute Gasteiger partial charge is 0.492 e. The molecule has 116 valence electrons. The van der Waals surface area contributed by atoms with E-state index >= 15 is 0 Å². The second-order valence-corrected chi connectivity index (χ2v) is 6.13. The van der Waals surface area contributed by atoms with Gasteiger partial charge in [0, 0.05) is 12.6 Å². The first kappa shape index (κ1) is 15.8. The van der Waals surface area contributed by atoms with E-state index in [1.807, 2.05) is 6.07 Å². The van der Waals surface area contributed by atoms with E-state index in [1.165, 1.54) is 19.3 Å². The highest BCUT2D eigenvalue weighted by atomic mass is 16.5. The summed E-state index contributed by atoms with van der Waals surface area (Å²) in [6, 6.07) is 7.42. The van der Waals surface area contributed by atoms with Gasteiger partial charge < -0.3 is 9.84 Å². The molecule has 1 aromatic rings. The van der Waals surface area contributed by atoms with Crippen LogP contribution in [0.2, 0.25) is 0 Å². The van der Waals surface area contributed by atoms with Crippen molar-refractivity contribution in [2.45, 2.75) is 39.2 Å². The van der Waals surface area contributed by atoms with Crippen LogP contribution < -0.4 is 4.74 Å². The number of carboxylic acids is 1. The number of rotatable bonds is 9. The van der Waals surface area contributed by atoms with Crippen molar-refractivity contribution in [3.63, 3.8) is 0 Å². The van der Waals surface area contributed by atoms with Crippen LogP contribution in [0.15, 0.2) is 24.3 Å². The smallest absolute Gasteiger partial charge is 0.335 e. The highest BCUT2D eigenvalue weighted by molar-refractivity contribution is 5.87. The second kappa shape index (κ2) is 7.46. The van der Waals surface area contributed by atoms with Crippen molar-refractivity contribution in [2.75, 3.05) is 19.7 Å². The lowest BCUT2D eigenvalue weighted by molar-refractivity contribution is 0.0696. The molecule has 1 N–H and O–H groups in total. The second-order valence-electron chi connectivity index (χ2n) is 6.13. The summed E-state index contributed by atoms with van der Waals surface area (Å²) in [7, 11) is 0. The summed E-state index contributed by atoms with van der Waals surface area (Å²) in [5, 5.41) is 8.96. The molecule has 4 heteroatoms. The Morgan fingerprint density at radius 1 is 1.38 bits per heavy atom. The summed E-state index contributed by atoms with van der Waals surface area (Å²) >= 11 is 0. The van der Waals surface area contributed by atoms with Crippen molar-refractivity contribution in [1.29, 1.82) is 0 Å². The maximum atomic E-state index is 10.9. The third kappa shape index (κ3) is 5.38. The van der Waals surface area contributed by atoms with Crippen molar-refractivity contribution in [1.82, 2.24) is 4.90 Å². The molecule has 0 heterocycles. The number of carboxylic acid groups (broad SMARTS) is 1. The summed E-state index contributed by atoms with van der Waals surface area (Å²) in [6.45, 7) is 7.14. The molecule has 1 saturated carbocycles. The quantitative estimate of drug-likeness (QED) is 0.758. The lowest BCUT2D eigenvalue weighted by Crippen LogP contribution is -2.32. The highest BCUT2D eigenvalue weighted by Gasteiger charge is 2.28. The van der Waals surface area contributed by atoms with E-state index in [0.717, 1.165) is 25.0 Å². The highest BCUT2D eigenvalue weighted by Crippen LogP contribution is 2.27. The Bertz CT molecular complexity index is 469. The zero-order valence-corrected chi connectivity index (χ0v) is 12.9. The van der Waals surface area contributed by atoms with Crippen LogP contribution in [-0.4, -0.2) is 41.7 Å². The molecule has 0 radical (unpaired) electrons. The van der Waals surface area contributed by atoms with Crippen molar-refractivity contribution >= 4 is 5.97 Å². The summed E-state index contributed by atoms with van der Waals surface area (Å²) < 4.78 is 5.71. The fraction of sp³-hybridized carbons (Fsp3) is 0.588. The normalized spacial score (nSPS) is 14.7. The Hall–Kier alpha value is -1.55. The van der Waals surface area contributed by atoms with E-state index in [-0.39, 0.29) is 5.56 Å². The van der Waals surface area contributed by atoms with Gasteiger partial charge in [0.25, 0.3) is 0 Å². The average Bonchev–Trinajstić information content (AvgIpc) is 3.27. The van der Waals surface area contributed by atoms with Gasteiger partial charge in [-0.15, -0.1) is 0 Å². The van der Waals surface area contributed by atoms with E-state index < -0.39 is 5.97 Å². The number of carbonyl (C=O) groups is 1. The monoisotopic (exact) mass is 291 g/mol. The molecule has 21 heavy (non-hydrogen) atoms. The standard InChI is InChI=1S/C17H25NO3/c1-13(2)8-9-18(15-6-7-15)10-11-21-16-5-3-4-14(12-16)17(19)20/h3-5,12-13,15H,6-11H2,1-2H3,(H,19,20). The van der Waals surface area contributed by atoms with Crippen LogP contribution in [0.1, 0.15) is 43.5 Å². The Morgan fingerprint density at radius 3 is 2.76 bits per heavy atom. The van der Waals surface area contributed by atoms with Crippen LogP contribution in [0.5, 0.6) is 5.75 Å². The van der Waals surface area contributed by atoms with Gasteiger partial charge >= 0.3 is 5.97 Å². The predicted octanol–water partition coefficient (Wildman–Crippen LogP) is 3.27. The molecule has 0 aromatic heterocycles. The van der Waals surface area contributed by atoms with Crippen LogP contribution in [-0.2, 0) is 0 Å². The van der Waals surface area contributed by atoms with Gasteiger partial charge in [0.2, 0.25) is 0 Å². The summed E-state index contributed by atoms with van der Waals surface area (Å²) in [5.74, 6) is 0.436. The van der Waals surface area contributed by atoms with E-state index in [0.29, 0.717) is 12.4 Å². The topological polar surface area (TPSA) is 49.8 Å². The van der Waals surface area contributed by atoms with Crippen LogP contribution in [0.3, 0.4) is 0 Å². The third-order valence-electron chi connectivity index (χ3n) is 3.79. The molecule has 2 rings (SSSR count). The third-order valence-corrected chi connectivity index (χ3v) is 3.79. The number of benzene rings is 1. The van der Waals surface area contributed by atoms with Crippen LogP contribution in [0.4, 0.5) is 0 Å². The SMILES string of the molecule is CC(C)CCN(CCOc1cccc(C(=O)O)c1)C1CC1. The summed E-state index contributed by atoms with van der Waals surface area (Å²) in [6.07, 6.45) is 3.81. The van der Waals surface area contributed by atoms with Gasteiger partial charge in [-0.05, 0) is 49.9 Å². The molecule has 0 atom stereocenters. The number of hydrogen-bond donors (Lipinski definition) is 1. The Morgan fingerprint density at radius 2 is 2.14 bits per heavy atom. The Kier molecular flexibility index (Phi) is 5.62. The van der Waals surface area contributed by atoms with E-state index in [9.17, 15) is 4.79 Å². The van der Waals surface area contributed by atoms with Gasteiger partial charge in [-0.2, -0.15) is 0 Å². The minimum Gasteiger partial charge on any atom is -0.492 e. The van der Waals surface area contributed by atoms with Gasteiger partial charge in [0.1, 0.15) is 12.4 Å². The van der Waals surface area contributed by atoms with E-state index in [1.54, 1.807) is 18.2 Å². The van der Waals surface area contributed by atoms with Crippen molar-refractivity contribution in [3.8, 4) is 5.75 Å². The molecular formula is C17H25NO3. The maximum absolute atomic E-state index is 10.9. The molecular weight excluding hydrogens is 266 g/mol. The molecule has 0 aliphatic heterocycles. The first-order chi connectivity index (χ1) is 10.1. The van der Waals surface area contributed by atoms with E-state index in [2.05, 4.69) is 18.7 Å². The average molecular weight is 291 g/mol. The van der Waals surface area contributed by atoms with Crippen LogP contribution in [0, 0.1) is 5.92 Å². The molecule has 1 aromatic carbocycles. The number of aromatic carboxylic acids is 1. The van der Waals surface area contributed by atoms with Crippen molar-refractivity contribution in [2.24, 2.45) is 5.92 Å². The molecule has 0 unspecified atom stereocenters. The number of ether oxygens (including phenoxy) is 1. The Balaban J connectivity index is 1.79. The predicted molar refractivity (Wildman–Crippen MR) is 82.9 cm³/mol. The van der Waals surface area contributed by atoms with Gasteiger partial charge in [0.05, 0.1) is 5.56 Å². The van der Waals surface area contributed by atoms with Crippen LogP contribution in [0.25, 0.3) is 0 Å². The maximum Gasteiger partial charge on any atom is 0.335 e. The van der Waals surface area contributed by atoms with Gasteiger partial charge in [-0.3, -0.25) is 4.90 Å². The van der Waals surface area contributed by atoms with Gasteiger partial charge in [0.15, 0.2) is 0 Å². The number of nitrogens with zero attached hydrogens (tertiary/aromatic N) is 1. The minimum atomic E-state index is -0.919. The zero-order chi connectivity index (χ0) is 15.2. The van der Waals surface area contributed by atoms with Crippen molar-refractivity contribution in [3.05, 3.63) is 29.8 Å². The molecule has 4 nitrogen and oxygen atoms in total. The molecule has 1 aliphatic carbocycles. The molecule has 0 amide bonds. The summed E-state index contributed by atoms with van der Waals surface area (Å²) in [4.78, 5) is 13.4. The lowest BCUT2D eigenvalue weighted by atomic mass is 10.1. The minimum absolute atomic E-state index is 0.270. The molecule has 1 fully saturated rings. The zero-order valence-electron chi connectivity index (χ0n) is 12.9. The van der Waals surface area contributed by atoms with Gasteiger partial charge in [-0.25, -0.2) is 4.79 Å². The van der Waals surface area contributed by atoms with Crippen LogP contribution >= 0.6 is 0 Å². The first-order valence-corrected chi connectivity index (χ1v) is 7.76. The summed E-state index contributed by atoms with van der Waals surface area (Å²) in [5.41, 5.74) is 0.270. The van der Waals surface area contributed by atoms with Gasteiger partial charge in [-0.1, -0.05) is 19.9 Å². The molecule has 0 spiro atoms. The fourth-order valence-corrected chi connectivity index (χ4v) is 2.34. The fourth-order valence-electron chi connectivity index (χ4n) is 2.34. The molecule has 0 bridgehead atoms.